The van der Waals surface area contributed by atoms with Crippen molar-refractivity contribution in [1.29, 1.82) is 0 Å². The van der Waals surface area contributed by atoms with Crippen LogP contribution in [-0.4, -0.2) is 24.4 Å². The average molecular weight is 437 g/mol. The highest BCUT2D eigenvalue weighted by Gasteiger charge is 2.30. The van der Waals surface area contributed by atoms with Crippen LogP contribution in [0, 0.1) is 18.7 Å². The number of hydrogen-bond acceptors (Lipinski definition) is 3. The molecule has 3 aromatic rings. The molecule has 1 fully saturated rings. The van der Waals surface area contributed by atoms with Crippen molar-refractivity contribution in [2.75, 3.05) is 18.9 Å². The van der Waals surface area contributed by atoms with Crippen LogP contribution in [0.15, 0.2) is 46.9 Å². The summed E-state index contributed by atoms with van der Waals surface area (Å²) in [6, 6.07) is 12.4. The van der Waals surface area contributed by atoms with Crippen LogP contribution in [0.5, 0.6) is 0 Å². The van der Waals surface area contributed by atoms with Crippen molar-refractivity contribution < 1.29 is 13.6 Å². The third kappa shape index (κ3) is 4.67. The zero-order chi connectivity index (χ0) is 22.7. The second kappa shape index (κ2) is 9.76. The summed E-state index contributed by atoms with van der Waals surface area (Å²) in [5.41, 5.74) is 3.37. The fraction of sp³-hybridized carbons (Fsp3) is 0.444. The van der Waals surface area contributed by atoms with E-state index in [1.807, 2.05) is 38.2 Å². The SMILES string of the molecule is CCCN(C)C(=O)c1ccc(NC(c2oc3ccc(F)cc3c2C)C2CCCCC2)cc1. The molecule has 0 saturated heterocycles. The first-order valence-corrected chi connectivity index (χ1v) is 11.8. The number of carbonyl (C=O) groups excluding carboxylic acids is 1. The maximum atomic E-state index is 13.8. The van der Waals surface area contributed by atoms with Crippen LogP contribution in [0.1, 0.15) is 73.2 Å². The van der Waals surface area contributed by atoms with Crippen LogP contribution in [0.4, 0.5) is 10.1 Å². The summed E-state index contributed by atoms with van der Waals surface area (Å²) < 4.78 is 20.1. The minimum atomic E-state index is -0.247. The van der Waals surface area contributed by atoms with E-state index in [2.05, 4.69) is 12.2 Å². The first kappa shape index (κ1) is 22.4. The Labute approximate surface area is 189 Å². The maximum Gasteiger partial charge on any atom is 0.253 e. The fourth-order valence-electron chi connectivity index (χ4n) is 4.92. The molecule has 0 aliphatic heterocycles. The quantitative estimate of drug-likeness (QED) is 0.430. The van der Waals surface area contributed by atoms with Gasteiger partial charge in [-0.2, -0.15) is 0 Å². The maximum absolute atomic E-state index is 13.8. The van der Waals surface area contributed by atoms with Crippen LogP contribution in [-0.2, 0) is 0 Å². The molecule has 1 aliphatic rings. The van der Waals surface area contributed by atoms with Crippen molar-refractivity contribution in [2.24, 2.45) is 5.92 Å². The Morgan fingerprint density at radius 3 is 2.56 bits per heavy atom. The number of anilines is 1. The van der Waals surface area contributed by atoms with Gasteiger partial charge in [0, 0.05) is 35.8 Å². The van der Waals surface area contributed by atoms with Gasteiger partial charge in [0.25, 0.3) is 5.91 Å². The van der Waals surface area contributed by atoms with Gasteiger partial charge in [-0.15, -0.1) is 0 Å². The molecule has 4 nitrogen and oxygen atoms in total. The summed E-state index contributed by atoms with van der Waals surface area (Å²) in [4.78, 5) is 14.3. The lowest BCUT2D eigenvalue weighted by molar-refractivity contribution is 0.0795. The molecule has 1 amide bonds. The molecule has 0 radical (unpaired) electrons. The number of aryl methyl sites for hydroxylation is 1. The molecular formula is C27H33FN2O2. The molecule has 0 bridgehead atoms. The fourth-order valence-corrected chi connectivity index (χ4v) is 4.92. The van der Waals surface area contributed by atoms with Gasteiger partial charge >= 0.3 is 0 Å². The molecule has 1 heterocycles. The number of rotatable bonds is 7. The molecule has 1 atom stereocenters. The van der Waals surface area contributed by atoms with Gasteiger partial charge in [0.15, 0.2) is 0 Å². The standard InChI is InChI=1S/C27H33FN2O2/c1-4-16-30(3)27(31)20-10-13-22(14-11-20)29-25(19-8-6-5-7-9-19)26-18(2)23-17-21(28)12-15-24(23)32-26/h10-15,17,19,25,29H,4-9,16H2,1-3H3. The number of amides is 1. The van der Waals surface area contributed by atoms with E-state index < -0.39 is 0 Å². The molecule has 5 heteroatoms. The Kier molecular flexibility index (Phi) is 6.83. The van der Waals surface area contributed by atoms with Gasteiger partial charge in [-0.1, -0.05) is 26.2 Å². The highest BCUT2D eigenvalue weighted by Crippen LogP contribution is 2.41. The van der Waals surface area contributed by atoms with Crippen molar-refractivity contribution in [2.45, 2.75) is 58.4 Å². The van der Waals surface area contributed by atoms with E-state index in [9.17, 15) is 9.18 Å². The summed E-state index contributed by atoms with van der Waals surface area (Å²) in [7, 11) is 1.84. The lowest BCUT2D eigenvalue weighted by atomic mass is 9.82. The second-order valence-electron chi connectivity index (χ2n) is 9.06. The summed E-state index contributed by atoms with van der Waals surface area (Å²) in [5, 5.41) is 4.53. The van der Waals surface area contributed by atoms with Crippen LogP contribution in [0.2, 0.25) is 0 Å². The van der Waals surface area contributed by atoms with Crippen molar-refractivity contribution in [3.05, 3.63) is 65.2 Å². The topological polar surface area (TPSA) is 45.5 Å². The highest BCUT2D eigenvalue weighted by molar-refractivity contribution is 5.94. The first-order valence-electron chi connectivity index (χ1n) is 11.8. The van der Waals surface area contributed by atoms with Crippen LogP contribution in [0.3, 0.4) is 0 Å². The number of nitrogens with zero attached hydrogens (tertiary/aromatic N) is 1. The van der Waals surface area contributed by atoms with E-state index in [1.165, 1.54) is 25.3 Å². The van der Waals surface area contributed by atoms with E-state index in [0.717, 1.165) is 53.8 Å². The molecule has 2 aromatic carbocycles. The van der Waals surface area contributed by atoms with Gasteiger partial charge < -0.3 is 14.6 Å². The van der Waals surface area contributed by atoms with Crippen LogP contribution in [0.25, 0.3) is 11.0 Å². The summed E-state index contributed by atoms with van der Waals surface area (Å²) in [6.45, 7) is 4.83. The smallest absolute Gasteiger partial charge is 0.253 e. The molecule has 1 aliphatic carbocycles. The largest absolute Gasteiger partial charge is 0.459 e. The van der Waals surface area contributed by atoms with Gasteiger partial charge in [0.1, 0.15) is 17.2 Å². The Balaban J connectivity index is 1.62. The number of benzene rings is 2. The summed E-state index contributed by atoms with van der Waals surface area (Å²) >= 11 is 0. The van der Waals surface area contributed by atoms with E-state index >= 15 is 0 Å². The minimum Gasteiger partial charge on any atom is -0.459 e. The molecule has 1 unspecified atom stereocenters. The number of fused-ring (bicyclic) bond motifs is 1. The number of furan rings is 1. The molecule has 1 aromatic heterocycles. The van der Waals surface area contributed by atoms with Gasteiger partial charge in [0.05, 0.1) is 6.04 Å². The number of hydrogen-bond donors (Lipinski definition) is 1. The first-order chi connectivity index (χ1) is 15.5. The Bertz CT molecular complexity index is 1070. The average Bonchev–Trinajstić information content (AvgIpc) is 3.13. The van der Waals surface area contributed by atoms with Gasteiger partial charge in [-0.3, -0.25) is 4.79 Å². The van der Waals surface area contributed by atoms with Gasteiger partial charge in [-0.05, 0) is 74.6 Å². The third-order valence-electron chi connectivity index (χ3n) is 6.70. The minimum absolute atomic E-state index is 0.00933. The zero-order valence-electron chi connectivity index (χ0n) is 19.3. The van der Waals surface area contributed by atoms with Crippen LogP contribution >= 0.6 is 0 Å². The normalized spacial score (nSPS) is 15.6. The third-order valence-corrected chi connectivity index (χ3v) is 6.70. The van der Waals surface area contributed by atoms with Gasteiger partial charge in [-0.25, -0.2) is 4.39 Å². The summed E-state index contributed by atoms with van der Waals surface area (Å²) in [5.74, 6) is 1.13. The lowest BCUT2D eigenvalue weighted by Gasteiger charge is -2.31. The zero-order valence-corrected chi connectivity index (χ0v) is 19.3. The van der Waals surface area contributed by atoms with E-state index in [-0.39, 0.29) is 17.8 Å². The van der Waals surface area contributed by atoms with Crippen molar-refractivity contribution in [3.63, 3.8) is 0 Å². The van der Waals surface area contributed by atoms with Crippen molar-refractivity contribution in [1.82, 2.24) is 4.90 Å². The number of carbonyl (C=O) groups is 1. The van der Waals surface area contributed by atoms with Crippen molar-refractivity contribution >= 4 is 22.6 Å². The van der Waals surface area contributed by atoms with Crippen molar-refractivity contribution in [3.8, 4) is 0 Å². The molecule has 4 rings (SSSR count). The molecule has 32 heavy (non-hydrogen) atoms. The lowest BCUT2D eigenvalue weighted by Crippen LogP contribution is -2.27. The predicted molar refractivity (Wildman–Crippen MR) is 128 cm³/mol. The van der Waals surface area contributed by atoms with E-state index in [4.69, 9.17) is 4.42 Å². The van der Waals surface area contributed by atoms with Crippen LogP contribution < -0.4 is 5.32 Å². The molecule has 1 saturated carbocycles. The molecule has 0 spiro atoms. The summed E-state index contributed by atoms with van der Waals surface area (Å²) in [6.07, 6.45) is 6.92. The second-order valence-corrected chi connectivity index (χ2v) is 9.06. The van der Waals surface area contributed by atoms with E-state index in [1.54, 1.807) is 17.0 Å². The Hall–Kier alpha value is -2.82. The number of nitrogens with one attached hydrogen (secondary N) is 1. The highest BCUT2D eigenvalue weighted by atomic mass is 19.1. The molecular weight excluding hydrogens is 403 g/mol. The number of halogens is 1. The Morgan fingerprint density at radius 1 is 1.16 bits per heavy atom. The predicted octanol–water partition coefficient (Wildman–Crippen LogP) is 7.10. The molecule has 1 N–H and O–H groups in total. The van der Waals surface area contributed by atoms with Gasteiger partial charge in [0.2, 0.25) is 0 Å². The van der Waals surface area contributed by atoms with E-state index in [0.29, 0.717) is 11.5 Å². The molecule has 170 valence electrons. The monoisotopic (exact) mass is 436 g/mol. The Morgan fingerprint density at radius 2 is 1.88 bits per heavy atom.